The first-order valence-electron chi connectivity index (χ1n) is 9.45. The van der Waals surface area contributed by atoms with Crippen LogP contribution < -0.4 is 0 Å². The first-order chi connectivity index (χ1) is 14.1. The lowest BCUT2D eigenvalue weighted by Crippen LogP contribution is -2.27. The Labute approximate surface area is 179 Å². The Morgan fingerprint density at radius 2 is 1.93 bits per heavy atom. The Morgan fingerprint density at radius 1 is 1.23 bits per heavy atom. The summed E-state index contributed by atoms with van der Waals surface area (Å²) in [5.41, 5.74) is 1.52. The van der Waals surface area contributed by atoms with Crippen LogP contribution in [0, 0.1) is 13.8 Å². The zero-order valence-corrected chi connectivity index (χ0v) is 18.5. The van der Waals surface area contributed by atoms with Crippen molar-refractivity contribution in [2.75, 3.05) is 26.0 Å². The number of rotatable bonds is 8. The number of nitrogens with one attached hydrogen (secondary N) is 1. The van der Waals surface area contributed by atoms with E-state index in [1.54, 1.807) is 27.7 Å². The van der Waals surface area contributed by atoms with Crippen LogP contribution in [-0.2, 0) is 23.8 Å². The van der Waals surface area contributed by atoms with Crippen molar-refractivity contribution in [2.24, 2.45) is 0 Å². The SMILES string of the molecule is COC(=O)/C=C1/SCC(=O)N1CCCOC(=O)c1[nH]c(C)c(C(=O)OC(C)C)c1C. The van der Waals surface area contributed by atoms with Crippen LogP contribution in [0.15, 0.2) is 11.1 Å². The fourth-order valence-corrected chi connectivity index (χ4v) is 3.88. The average Bonchev–Trinajstić information content (AvgIpc) is 3.17. The molecule has 1 aromatic heterocycles. The monoisotopic (exact) mass is 438 g/mol. The van der Waals surface area contributed by atoms with Gasteiger partial charge in [-0.3, -0.25) is 4.79 Å². The van der Waals surface area contributed by atoms with Crippen molar-refractivity contribution >= 4 is 35.6 Å². The number of hydrogen-bond donors (Lipinski definition) is 1. The Morgan fingerprint density at radius 3 is 2.57 bits per heavy atom. The molecule has 1 fully saturated rings. The number of thioether (sulfide) groups is 1. The van der Waals surface area contributed by atoms with Gasteiger partial charge in [0.2, 0.25) is 5.91 Å². The molecule has 1 aliphatic rings. The maximum atomic E-state index is 12.4. The number of ether oxygens (including phenoxy) is 3. The van der Waals surface area contributed by atoms with Crippen LogP contribution in [0.5, 0.6) is 0 Å². The predicted octanol–water partition coefficient (Wildman–Crippen LogP) is 2.33. The Balaban J connectivity index is 1.94. The van der Waals surface area contributed by atoms with Crippen molar-refractivity contribution in [3.63, 3.8) is 0 Å². The molecule has 10 heteroatoms. The van der Waals surface area contributed by atoms with Gasteiger partial charge in [-0.05, 0) is 39.7 Å². The zero-order valence-electron chi connectivity index (χ0n) is 17.7. The lowest BCUT2D eigenvalue weighted by molar-refractivity contribution is -0.134. The third kappa shape index (κ3) is 5.65. The molecule has 0 radical (unpaired) electrons. The maximum absolute atomic E-state index is 12.4. The van der Waals surface area contributed by atoms with Gasteiger partial charge < -0.3 is 24.1 Å². The molecule has 0 saturated carbocycles. The van der Waals surface area contributed by atoms with E-state index >= 15 is 0 Å². The number of aromatic amines is 1. The number of methoxy groups -OCH3 is 1. The number of esters is 3. The van der Waals surface area contributed by atoms with Crippen LogP contribution in [0.3, 0.4) is 0 Å². The van der Waals surface area contributed by atoms with Gasteiger partial charge in [0.05, 0.1) is 42.2 Å². The van der Waals surface area contributed by atoms with Gasteiger partial charge in [-0.25, -0.2) is 14.4 Å². The number of amides is 1. The minimum atomic E-state index is -0.591. The highest BCUT2D eigenvalue weighted by Gasteiger charge is 2.28. The molecule has 1 N–H and O–H groups in total. The Kier molecular flexibility index (Phi) is 8.10. The van der Waals surface area contributed by atoms with E-state index in [-0.39, 0.29) is 30.1 Å². The van der Waals surface area contributed by atoms with Crippen molar-refractivity contribution in [1.29, 1.82) is 0 Å². The van der Waals surface area contributed by atoms with Crippen LogP contribution in [-0.4, -0.2) is 65.8 Å². The number of nitrogens with zero attached hydrogens (tertiary/aromatic N) is 1. The summed E-state index contributed by atoms with van der Waals surface area (Å²) in [6.07, 6.45) is 1.38. The molecule has 1 aromatic rings. The standard InChI is InChI=1S/C20H26N2O7S/c1-11(2)29-19(25)17-12(3)18(21-13(17)4)20(26)28-8-6-7-22-14(23)10-30-15(22)9-16(24)27-5/h9,11,21H,6-8,10H2,1-5H3/b15-9+. The third-order valence-corrected chi connectivity index (χ3v) is 5.33. The number of carbonyl (C=O) groups is 4. The maximum Gasteiger partial charge on any atom is 0.355 e. The highest BCUT2D eigenvalue weighted by molar-refractivity contribution is 8.04. The topological polar surface area (TPSA) is 115 Å². The van der Waals surface area contributed by atoms with Gasteiger partial charge >= 0.3 is 17.9 Å². The van der Waals surface area contributed by atoms with E-state index in [2.05, 4.69) is 9.72 Å². The minimum absolute atomic E-state index is 0.0715. The lowest BCUT2D eigenvalue weighted by Gasteiger charge is -2.16. The van der Waals surface area contributed by atoms with E-state index in [1.807, 2.05) is 0 Å². The zero-order chi connectivity index (χ0) is 22.4. The predicted molar refractivity (Wildman–Crippen MR) is 110 cm³/mol. The highest BCUT2D eigenvalue weighted by Crippen LogP contribution is 2.29. The summed E-state index contributed by atoms with van der Waals surface area (Å²) in [7, 11) is 1.27. The molecule has 0 unspecified atom stereocenters. The second-order valence-electron chi connectivity index (χ2n) is 6.91. The third-order valence-electron chi connectivity index (χ3n) is 4.30. The van der Waals surface area contributed by atoms with E-state index in [0.29, 0.717) is 34.8 Å². The summed E-state index contributed by atoms with van der Waals surface area (Å²) in [5.74, 6) is -1.49. The Hall–Kier alpha value is -2.75. The summed E-state index contributed by atoms with van der Waals surface area (Å²) < 4.78 is 15.1. The molecule has 0 aromatic carbocycles. The second kappa shape index (κ2) is 10.3. The molecular weight excluding hydrogens is 412 g/mol. The molecule has 9 nitrogen and oxygen atoms in total. The fraction of sp³-hybridized carbons (Fsp3) is 0.500. The summed E-state index contributed by atoms with van der Waals surface area (Å²) in [6.45, 7) is 7.21. The molecule has 0 atom stereocenters. The van der Waals surface area contributed by atoms with E-state index < -0.39 is 17.9 Å². The summed E-state index contributed by atoms with van der Waals surface area (Å²) in [4.78, 5) is 52.4. The smallest absolute Gasteiger partial charge is 0.355 e. The highest BCUT2D eigenvalue weighted by atomic mass is 32.2. The molecule has 0 spiro atoms. The van der Waals surface area contributed by atoms with Gasteiger partial charge in [-0.2, -0.15) is 0 Å². The fourth-order valence-electron chi connectivity index (χ4n) is 2.92. The number of aryl methyl sites for hydroxylation is 1. The second-order valence-corrected chi connectivity index (χ2v) is 7.90. The van der Waals surface area contributed by atoms with Crippen LogP contribution >= 0.6 is 11.8 Å². The summed E-state index contributed by atoms with van der Waals surface area (Å²) in [5, 5.41) is 0.516. The van der Waals surface area contributed by atoms with Gasteiger partial charge in [0, 0.05) is 12.2 Å². The van der Waals surface area contributed by atoms with Crippen molar-refractivity contribution < 1.29 is 33.4 Å². The summed E-state index contributed by atoms with van der Waals surface area (Å²) in [6, 6.07) is 0. The first-order valence-corrected chi connectivity index (χ1v) is 10.4. The van der Waals surface area contributed by atoms with Crippen LogP contribution in [0.4, 0.5) is 0 Å². The molecule has 1 amide bonds. The van der Waals surface area contributed by atoms with Gasteiger partial charge in [0.25, 0.3) is 0 Å². The van der Waals surface area contributed by atoms with Gasteiger partial charge in [-0.15, -0.1) is 0 Å². The molecule has 0 aliphatic carbocycles. The Bertz CT molecular complexity index is 873. The molecular formula is C20H26N2O7S. The molecule has 1 aliphatic heterocycles. The van der Waals surface area contributed by atoms with Crippen LogP contribution in [0.2, 0.25) is 0 Å². The normalized spacial score (nSPS) is 15.1. The largest absolute Gasteiger partial charge is 0.466 e. The van der Waals surface area contributed by atoms with Crippen molar-refractivity contribution in [3.8, 4) is 0 Å². The van der Waals surface area contributed by atoms with E-state index in [9.17, 15) is 19.2 Å². The van der Waals surface area contributed by atoms with Crippen molar-refractivity contribution in [2.45, 2.75) is 40.2 Å². The van der Waals surface area contributed by atoms with E-state index in [1.165, 1.54) is 29.8 Å². The molecule has 0 bridgehead atoms. The summed E-state index contributed by atoms with van der Waals surface area (Å²) >= 11 is 1.26. The van der Waals surface area contributed by atoms with Crippen LogP contribution in [0.1, 0.15) is 52.4 Å². The van der Waals surface area contributed by atoms with E-state index in [4.69, 9.17) is 9.47 Å². The quantitative estimate of drug-likeness (QED) is 0.285. The van der Waals surface area contributed by atoms with Gasteiger partial charge in [-0.1, -0.05) is 11.8 Å². The molecule has 30 heavy (non-hydrogen) atoms. The number of carbonyl (C=O) groups excluding carboxylic acids is 4. The molecule has 2 rings (SSSR count). The van der Waals surface area contributed by atoms with Crippen LogP contribution in [0.25, 0.3) is 0 Å². The average molecular weight is 439 g/mol. The lowest BCUT2D eigenvalue weighted by atomic mass is 10.1. The molecule has 2 heterocycles. The number of hydrogen-bond acceptors (Lipinski definition) is 8. The van der Waals surface area contributed by atoms with Crippen molar-refractivity contribution in [1.82, 2.24) is 9.88 Å². The number of H-pyrrole nitrogens is 1. The van der Waals surface area contributed by atoms with Gasteiger partial charge in [0.1, 0.15) is 5.69 Å². The van der Waals surface area contributed by atoms with Crippen molar-refractivity contribution in [3.05, 3.63) is 33.6 Å². The van der Waals surface area contributed by atoms with E-state index in [0.717, 1.165) is 0 Å². The minimum Gasteiger partial charge on any atom is -0.466 e. The molecule has 164 valence electrons. The number of aromatic nitrogens is 1. The molecule has 1 saturated heterocycles. The first kappa shape index (κ1) is 23.5. The van der Waals surface area contributed by atoms with Gasteiger partial charge in [0.15, 0.2) is 0 Å².